The number of carbonyl (C=O) groups is 2. The number of piperidine rings is 1. The molecule has 1 atom stereocenters. The van der Waals surface area contributed by atoms with E-state index in [1.807, 2.05) is 18.3 Å². The Bertz CT molecular complexity index is 1170. The van der Waals surface area contributed by atoms with Crippen LogP contribution in [0.3, 0.4) is 0 Å². The second-order valence-electron chi connectivity index (χ2n) is 9.53. The van der Waals surface area contributed by atoms with Crippen molar-refractivity contribution < 1.29 is 14.7 Å². The first kappa shape index (κ1) is 25.5. The molecule has 1 saturated heterocycles. The zero-order chi connectivity index (χ0) is 25.4. The molecule has 0 bridgehead atoms. The third kappa shape index (κ3) is 6.54. The Morgan fingerprint density at radius 1 is 1.11 bits per heavy atom. The average Bonchev–Trinajstić information content (AvgIpc) is 2.90. The zero-order valence-corrected chi connectivity index (χ0v) is 20.8. The van der Waals surface area contributed by atoms with Gasteiger partial charge in [-0.1, -0.05) is 6.42 Å². The van der Waals surface area contributed by atoms with Gasteiger partial charge in [-0.2, -0.15) is 0 Å². The van der Waals surface area contributed by atoms with Crippen LogP contribution in [0.5, 0.6) is 0 Å². The van der Waals surface area contributed by atoms with E-state index in [1.165, 1.54) is 0 Å². The van der Waals surface area contributed by atoms with Gasteiger partial charge in [-0.05, 0) is 49.9 Å². The summed E-state index contributed by atoms with van der Waals surface area (Å²) in [4.78, 5) is 41.2. The summed E-state index contributed by atoms with van der Waals surface area (Å²) in [7, 11) is 1.76. The molecule has 1 aliphatic rings. The number of nitrogens with zero attached hydrogens (tertiary/aromatic N) is 5. The van der Waals surface area contributed by atoms with E-state index < -0.39 is 5.60 Å². The molecular weight excluding hydrogens is 456 g/mol. The molecule has 0 aliphatic carbocycles. The summed E-state index contributed by atoms with van der Waals surface area (Å²) in [6.07, 6.45) is 12.8. The number of likely N-dealkylation sites (N-methyl/N-ethyl adjacent to an activating group) is 1. The minimum atomic E-state index is -0.975. The van der Waals surface area contributed by atoms with Crippen molar-refractivity contribution in [2.45, 2.75) is 44.1 Å². The maximum atomic E-state index is 12.7. The highest BCUT2D eigenvalue weighted by Gasteiger charge is 2.35. The van der Waals surface area contributed by atoms with E-state index in [-0.39, 0.29) is 11.8 Å². The smallest absolute Gasteiger partial charge is 0.252 e. The summed E-state index contributed by atoms with van der Waals surface area (Å²) < 4.78 is 0. The molecule has 3 aromatic rings. The number of nitrogens with one attached hydrogen (secondary N) is 1. The summed E-state index contributed by atoms with van der Waals surface area (Å²) in [5, 5.41) is 15.2. The maximum absolute atomic E-state index is 12.7. The Kier molecular flexibility index (Phi) is 8.43. The third-order valence-corrected chi connectivity index (χ3v) is 6.65. The number of amides is 2. The van der Waals surface area contributed by atoms with Gasteiger partial charge in [0, 0.05) is 75.2 Å². The van der Waals surface area contributed by atoms with Crippen molar-refractivity contribution in [1.29, 1.82) is 0 Å². The molecule has 0 radical (unpaired) electrons. The fourth-order valence-electron chi connectivity index (χ4n) is 4.80. The molecule has 190 valence electrons. The molecule has 2 amide bonds. The van der Waals surface area contributed by atoms with Crippen LogP contribution < -0.4 is 10.2 Å². The van der Waals surface area contributed by atoms with Crippen LogP contribution in [0.15, 0.2) is 55.2 Å². The van der Waals surface area contributed by atoms with Crippen molar-refractivity contribution >= 4 is 28.4 Å². The second-order valence-corrected chi connectivity index (χ2v) is 9.53. The molecule has 3 aromatic heterocycles. The fourth-order valence-corrected chi connectivity index (χ4v) is 4.80. The highest BCUT2D eigenvalue weighted by Crippen LogP contribution is 2.31. The summed E-state index contributed by atoms with van der Waals surface area (Å²) in [5.41, 5.74) is 1.45. The molecule has 0 spiro atoms. The average molecular weight is 491 g/mol. The lowest BCUT2D eigenvalue weighted by Gasteiger charge is -2.42. The molecule has 9 heteroatoms. The molecule has 4 heterocycles. The topological polar surface area (TPSA) is 112 Å². The Morgan fingerprint density at radius 3 is 2.81 bits per heavy atom. The molecule has 1 aliphatic heterocycles. The van der Waals surface area contributed by atoms with Gasteiger partial charge >= 0.3 is 0 Å². The number of hydrogen-bond acceptors (Lipinski definition) is 7. The van der Waals surface area contributed by atoms with Gasteiger partial charge in [-0.15, -0.1) is 0 Å². The van der Waals surface area contributed by atoms with Crippen molar-refractivity contribution in [3.8, 4) is 0 Å². The number of aromatic nitrogens is 3. The van der Waals surface area contributed by atoms with Gasteiger partial charge < -0.3 is 20.2 Å². The van der Waals surface area contributed by atoms with E-state index in [0.29, 0.717) is 38.0 Å². The first-order valence-electron chi connectivity index (χ1n) is 12.5. The largest absolute Gasteiger partial charge is 0.386 e. The number of anilines is 1. The summed E-state index contributed by atoms with van der Waals surface area (Å²) in [6, 6.07) is 7.31. The number of hydrogen-bond donors (Lipinski definition) is 2. The van der Waals surface area contributed by atoms with Gasteiger partial charge in [0.1, 0.15) is 0 Å². The van der Waals surface area contributed by atoms with Crippen molar-refractivity contribution in [2.24, 2.45) is 0 Å². The van der Waals surface area contributed by atoms with Crippen molar-refractivity contribution in [3.05, 3.63) is 60.8 Å². The third-order valence-electron chi connectivity index (χ3n) is 6.65. The molecule has 0 aromatic carbocycles. The lowest BCUT2D eigenvalue weighted by atomic mass is 9.91. The van der Waals surface area contributed by atoms with Crippen LogP contribution in [-0.2, 0) is 4.79 Å². The number of fused-ring (bicyclic) bond motifs is 1. The van der Waals surface area contributed by atoms with E-state index in [4.69, 9.17) is 0 Å². The number of aliphatic hydroxyl groups is 1. The summed E-state index contributed by atoms with van der Waals surface area (Å²) in [6.45, 7) is 2.15. The van der Waals surface area contributed by atoms with Crippen molar-refractivity contribution in [2.75, 3.05) is 38.1 Å². The Morgan fingerprint density at radius 2 is 1.97 bits per heavy atom. The first-order valence-corrected chi connectivity index (χ1v) is 12.5. The van der Waals surface area contributed by atoms with Gasteiger partial charge in [-0.3, -0.25) is 24.5 Å². The molecule has 4 rings (SSSR count). The molecule has 9 nitrogen and oxygen atoms in total. The SMILES string of the molecule is CN(CC1(O)CCCN(c2ccnc3ccncc23)C1)C(=O)CCCCCNC(=O)c1cccnc1. The molecule has 2 N–H and O–H groups in total. The maximum Gasteiger partial charge on any atom is 0.252 e. The van der Waals surface area contributed by atoms with E-state index >= 15 is 0 Å². The second kappa shape index (κ2) is 11.9. The summed E-state index contributed by atoms with van der Waals surface area (Å²) in [5.74, 6) is -0.108. The van der Waals surface area contributed by atoms with Crippen molar-refractivity contribution in [3.63, 3.8) is 0 Å². The van der Waals surface area contributed by atoms with Crippen LogP contribution >= 0.6 is 0 Å². The predicted molar refractivity (Wildman–Crippen MR) is 139 cm³/mol. The Balaban J connectivity index is 1.21. The van der Waals surface area contributed by atoms with Crippen LogP contribution in [-0.4, -0.2) is 75.6 Å². The van der Waals surface area contributed by atoms with Gasteiger partial charge in [0.05, 0.1) is 23.2 Å². The van der Waals surface area contributed by atoms with E-state index in [0.717, 1.165) is 48.8 Å². The highest BCUT2D eigenvalue weighted by molar-refractivity contribution is 5.93. The molecule has 1 unspecified atom stereocenters. The fraction of sp³-hybridized carbons (Fsp3) is 0.444. The van der Waals surface area contributed by atoms with Crippen LogP contribution in [0.4, 0.5) is 5.69 Å². The van der Waals surface area contributed by atoms with Crippen molar-refractivity contribution in [1.82, 2.24) is 25.2 Å². The number of rotatable bonds is 10. The quantitative estimate of drug-likeness (QED) is 0.420. The van der Waals surface area contributed by atoms with Crippen LogP contribution in [0.1, 0.15) is 48.9 Å². The normalized spacial score (nSPS) is 17.7. The summed E-state index contributed by atoms with van der Waals surface area (Å²) >= 11 is 0. The lowest BCUT2D eigenvalue weighted by molar-refractivity contribution is -0.133. The number of β-amino-alcohol motifs (C(OH)–C–C–N with tert-alkyl or cyclic N) is 1. The van der Waals surface area contributed by atoms with Crippen LogP contribution in [0.2, 0.25) is 0 Å². The highest BCUT2D eigenvalue weighted by atomic mass is 16.3. The Labute approximate surface area is 211 Å². The van der Waals surface area contributed by atoms with E-state index in [9.17, 15) is 14.7 Å². The van der Waals surface area contributed by atoms with Gasteiger partial charge in [0.15, 0.2) is 0 Å². The van der Waals surface area contributed by atoms with Gasteiger partial charge in [-0.25, -0.2) is 0 Å². The standard InChI is InChI=1S/C27H34N6O3/c1-32(25(34)8-3-2-4-13-31-26(35)21-7-5-12-28-17-21)19-27(36)11-6-16-33(20-27)24-10-15-30-23-9-14-29-18-22(23)24/h5,7,9-10,12,14-15,17-18,36H,2-4,6,8,11,13,16,19-20H2,1H3,(H,31,35). The van der Waals surface area contributed by atoms with Crippen LogP contribution in [0.25, 0.3) is 10.9 Å². The minimum Gasteiger partial charge on any atom is -0.386 e. The zero-order valence-electron chi connectivity index (χ0n) is 20.8. The molecular formula is C27H34N6O3. The monoisotopic (exact) mass is 490 g/mol. The van der Waals surface area contributed by atoms with Gasteiger partial charge in [0.2, 0.25) is 5.91 Å². The molecule has 36 heavy (non-hydrogen) atoms. The number of unbranched alkanes of at least 4 members (excludes halogenated alkanes) is 2. The van der Waals surface area contributed by atoms with E-state index in [1.54, 1.807) is 48.9 Å². The number of pyridine rings is 3. The molecule has 0 saturated carbocycles. The lowest BCUT2D eigenvalue weighted by Crippen LogP contribution is -2.54. The van der Waals surface area contributed by atoms with Gasteiger partial charge in [0.25, 0.3) is 5.91 Å². The van der Waals surface area contributed by atoms with Crippen LogP contribution in [0, 0.1) is 0 Å². The predicted octanol–water partition coefficient (Wildman–Crippen LogP) is 2.80. The van der Waals surface area contributed by atoms with E-state index in [2.05, 4.69) is 25.2 Å². The Hall–Kier alpha value is -3.59. The molecule has 1 fully saturated rings. The minimum absolute atomic E-state index is 0.0264. The first-order chi connectivity index (χ1) is 17.5. The number of carbonyl (C=O) groups excluding carboxylic acids is 2.